The van der Waals surface area contributed by atoms with E-state index in [1.807, 2.05) is 18.4 Å². The monoisotopic (exact) mass is 374 g/mol. The number of ether oxygens (including phenoxy) is 1. The molecule has 7 nitrogen and oxygen atoms in total. The van der Waals surface area contributed by atoms with Crippen LogP contribution in [-0.2, 0) is 11.2 Å². The number of amides is 1. The van der Waals surface area contributed by atoms with Gasteiger partial charge in [-0.05, 0) is 35.9 Å². The molecule has 0 N–H and O–H groups in total. The first kappa shape index (κ1) is 18.1. The van der Waals surface area contributed by atoms with Crippen molar-refractivity contribution in [3.05, 3.63) is 61.3 Å². The lowest BCUT2D eigenvalue weighted by atomic mass is 9.96. The summed E-state index contributed by atoms with van der Waals surface area (Å²) < 4.78 is 4.64. The van der Waals surface area contributed by atoms with E-state index in [1.54, 1.807) is 16.2 Å². The Labute approximate surface area is 154 Å². The highest BCUT2D eigenvalue weighted by Gasteiger charge is 2.32. The van der Waals surface area contributed by atoms with E-state index >= 15 is 0 Å². The van der Waals surface area contributed by atoms with Crippen molar-refractivity contribution in [2.24, 2.45) is 0 Å². The normalized spacial score (nSPS) is 16.1. The predicted octanol–water partition coefficient (Wildman–Crippen LogP) is 3.59. The summed E-state index contributed by atoms with van der Waals surface area (Å²) in [6.45, 7) is 2.55. The van der Waals surface area contributed by atoms with Crippen molar-refractivity contribution in [3.8, 4) is 0 Å². The molecule has 1 aliphatic rings. The first-order valence-corrected chi connectivity index (χ1v) is 9.09. The number of esters is 1. The van der Waals surface area contributed by atoms with Crippen molar-refractivity contribution in [1.29, 1.82) is 0 Å². The number of thiophene rings is 1. The first-order chi connectivity index (χ1) is 12.5. The molecular formula is C18H18N2O5S. The van der Waals surface area contributed by atoms with Crippen molar-refractivity contribution in [2.75, 3.05) is 13.7 Å². The highest BCUT2D eigenvalue weighted by atomic mass is 32.1. The third-order valence-corrected chi connectivity index (χ3v) is 5.54. The Morgan fingerprint density at radius 3 is 2.73 bits per heavy atom. The maximum atomic E-state index is 13.1. The number of benzene rings is 1. The summed E-state index contributed by atoms with van der Waals surface area (Å²) >= 11 is 1.68. The zero-order valence-corrected chi connectivity index (χ0v) is 15.2. The van der Waals surface area contributed by atoms with E-state index < -0.39 is 10.9 Å². The Morgan fingerprint density at radius 2 is 2.08 bits per heavy atom. The third-order valence-electron chi connectivity index (χ3n) is 4.54. The summed E-state index contributed by atoms with van der Waals surface area (Å²) in [4.78, 5) is 38.5. The highest BCUT2D eigenvalue weighted by molar-refractivity contribution is 7.10. The molecule has 26 heavy (non-hydrogen) atoms. The zero-order chi connectivity index (χ0) is 18.8. The van der Waals surface area contributed by atoms with Gasteiger partial charge in [0.1, 0.15) is 0 Å². The Morgan fingerprint density at radius 1 is 1.35 bits per heavy atom. The van der Waals surface area contributed by atoms with Gasteiger partial charge in [-0.1, -0.05) is 6.92 Å². The van der Waals surface area contributed by atoms with Crippen molar-refractivity contribution in [3.63, 3.8) is 0 Å². The van der Waals surface area contributed by atoms with Crippen molar-refractivity contribution in [2.45, 2.75) is 25.8 Å². The van der Waals surface area contributed by atoms with Gasteiger partial charge in [-0.2, -0.15) is 0 Å². The molecule has 1 aromatic carbocycles. The summed E-state index contributed by atoms with van der Waals surface area (Å²) in [5.74, 6) is -1.03. The van der Waals surface area contributed by atoms with Gasteiger partial charge in [0.25, 0.3) is 11.6 Å². The molecule has 0 saturated heterocycles. The molecule has 2 aromatic rings. The SMILES string of the molecule is CC[C@@H]1c2ccsc2CCN1C(=O)c1cc(C(=O)OC)cc([N+](=O)[O-])c1. The Bertz CT molecular complexity index is 876. The van der Waals surface area contributed by atoms with E-state index in [2.05, 4.69) is 4.74 Å². The largest absolute Gasteiger partial charge is 0.465 e. The van der Waals surface area contributed by atoms with Crippen LogP contribution < -0.4 is 0 Å². The van der Waals surface area contributed by atoms with Crippen LogP contribution in [0, 0.1) is 10.1 Å². The molecule has 0 bridgehead atoms. The van der Waals surface area contributed by atoms with Crippen molar-refractivity contribution < 1.29 is 19.2 Å². The molecule has 1 amide bonds. The van der Waals surface area contributed by atoms with Crippen molar-refractivity contribution >= 4 is 28.9 Å². The molecule has 0 fully saturated rings. The summed E-state index contributed by atoms with van der Waals surface area (Å²) in [7, 11) is 1.19. The maximum Gasteiger partial charge on any atom is 0.338 e. The second-order valence-electron chi connectivity index (χ2n) is 5.99. The number of methoxy groups -OCH3 is 1. The first-order valence-electron chi connectivity index (χ1n) is 8.21. The van der Waals surface area contributed by atoms with Gasteiger partial charge in [0.2, 0.25) is 0 Å². The van der Waals surface area contributed by atoms with Gasteiger partial charge in [-0.3, -0.25) is 14.9 Å². The third kappa shape index (κ3) is 3.20. The Balaban J connectivity index is 2.00. The predicted molar refractivity (Wildman–Crippen MR) is 96.5 cm³/mol. The topological polar surface area (TPSA) is 89.8 Å². The summed E-state index contributed by atoms with van der Waals surface area (Å²) in [5.41, 5.74) is 0.941. The van der Waals surface area contributed by atoms with Gasteiger partial charge in [-0.15, -0.1) is 11.3 Å². The fourth-order valence-electron chi connectivity index (χ4n) is 3.32. The van der Waals surface area contributed by atoms with E-state index in [9.17, 15) is 19.7 Å². The Hall–Kier alpha value is -2.74. The zero-order valence-electron chi connectivity index (χ0n) is 14.4. The van der Waals surface area contributed by atoms with Crippen LogP contribution in [0.2, 0.25) is 0 Å². The standard InChI is InChI=1S/C18H18N2O5S/c1-3-15-14-5-7-26-16(14)4-6-19(15)17(21)11-8-12(18(22)25-2)10-13(9-11)20(23)24/h5,7-10,15H,3-4,6H2,1-2H3/t15-/m1/s1. The molecule has 0 radical (unpaired) electrons. The minimum Gasteiger partial charge on any atom is -0.465 e. The lowest BCUT2D eigenvalue weighted by molar-refractivity contribution is -0.384. The number of hydrogen-bond acceptors (Lipinski definition) is 6. The summed E-state index contributed by atoms with van der Waals surface area (Å²) in [6, 6.07) is 5.65. The molecule has 3 rings (SSSR count). The lowest BCUT2D eigenvalue weighted by Crippen LogP contribution is -2.39. The average molecular weight is 374 g/mol. The van der Waals surface area contributed by atoms with Gasteiger partial charge < -0.3 is 9.64 Å². The van der Waals surface area contributed by atoms with E-state index in [0.717, 1.165) is 24.5 Å². The number of carbonyl (C=O) groups is 2. The van der Waals surface area contributed by atoms with Gasteiger partial charge in [-0.25, -0.2) is 4.79 Å². The number of rotatable bonds is 4. The fourth-order valence-corrected chi connectivity index (χ4v) is 4.25. The summed E-state index contributed by atoms with van der Waals surface area (Å²) in [5, 5.41) is 13.2. The van der Waals surface area contributed by atoms with Crippen LogP contribution in [0.5, 0.6) is 0 Å². The Kier molecular flexibility index (Phi) is 5.03. The van der Waals surface area contributed by atoms with E-state index in [0.29, 0.717) is 6.54 Å². The fraction of sp³-hybridized carbons (Fsp3) is 0.333. The van der Waals surface area contributed by atoms with Crippen molar-refractivity contribution in [1.82, 2.24) is 4.90 Å². The smallest absolute Gasteiger partial charge is 0.338 e. The number of fused-ring (bicyclic) bond motifs is 1. The molecule has 1 aromatic heterocycles. The van der Waals surface area contributed by atoms with Crippen LogP contribution in [-0.4, -0.2) is 35.4 Å². The van der Waals surface area contributed by atoms with E-state index in [4.69, 9.17) is 0 Å². The molecule has 0 spiro atoms. The van der Waals surface area contributed by atoms with Crippen LogP contribution >= 0.6 is 11.3 Å². The molecule has 1 aliphatic heterocycles. The lowest BCUT2D eigenvalue weighted by Gasteiger charge is -2.35. The maximum absolute atomic E-state index is 13.1. The molecule has 8 heteroatoms. The minimum absolute atomic E-state index is 0.00803. The van der Waals surface area contributed by atoms with Crippen LogP contribution in [0.15, 0.2) is 29.6 Å². The number of nitrogens with zero attached hydrogens (tertiary/aromatic N) is 2. The van der Waals surface area contributed by atoms with Crippen LogP contribution in [0.3, 0.4) is 0 Å². The summed E-state index contributed by atoms with van der Waals surface area (Å²) in [6.07, 6.45) is 1.50. The second kappa shape index (κ2) is 7.25. The number of hydrogen-bond donors (Lipinski definition) is 0. The number of nitro benzene ring substituents is 1. The van der Waals surface area contributed by atoms with E-state index in [-0.39, 0.29) is 28.8 Å². The molecule has 0 unspecified atom stereocenters. The second-order valence-corrected chi connectivity index (χ2v) is 6.99. The quantitative estimate of drug-likeness (QED) is 0.463. The molecule has 2 heterocycles. The van der Waals surface area contributed by atoms with Crippen LogP contribution in [0.25, 0.3) is 0 Å². The number of nitro groups is 1. The molecular weight excluding hydrogens is 356 g/mol. The molecule has 136 valence electrons. The average Bonchev–Trinajstić information content (AvgIpc) is 3.14. The van der Waals surface area contributed by atoms with Gasteiger partial charge in [0, 0.05) is 29.1 Å². The van der Waals surface area contributed by atoms with Crippen LogP contribution in [0.1, 0.15) is 50.5 Å². The van der Waals surface area contributed by atoms with Gasteiger partial charge in [0.05, 0.1) is 23.6 Å². The minimum atomic E-state index is -0.714. The number of carbonyl (C=O) groups excluding carboxylic acids is 2. The van der Waals surface area contributed by atoms with Gasteiger partial charge >= 0.3 is 5.97 Å². The van der Waals surface area contributed by atoms with E-state index in [1.165, 1.54) is 24.1 Å². The van der Waals surface area contributed by atoms with Crippen LogP contribution in [0.4, 0.5) is 5.69 Å². The highest BCUT2D eigenvalue weighted by Crippen LogP contribution is 2.36. The molecule has 1 atom stereocenters. The molecule has 0 aliphatic carbocycles. The molecule has 0 saturated carbocycles. The van der Waals surface area contributed by atoms with Gasteiger partial charge in [0.15, 0.2) is 0 Å². The number of non-ortho nitro benzene ring substituents is 1.